The Morgan fingerprint density at radius 2 is 2.44 bits per heavy atom. The Kier molecular flexibility index (Phi) is 1.22. The highest BCUT2D eigenvalue weighted by atomic mass is 16.2. The van der Waals surface area contributed by atoms with Gasteiger partial charge in [-0.1, -0.05) is 0 Å². The molecule has 1 aromatic rings. The number of hydrogen-bond acceptors (Lipinski definition) is 2. The van der Waals surface area contributed by atoms with E-state index in [1.165, 1.54) is 19.3 Å². The van der Waals surface area contributed by atoms with E-state index in [0.29, 0.717) is 0 Å². The van der Waals surface area contributed by atoms with Crippen LogP contribution >= 0.6 is 0 Å². The zero-order valence-corrected chi connectivity index (χ0v) is 4.92. The first kappa shape index (κ1) is 5.81. The van der Waals surface area contributed by atoms with Crippen molar-refractivity contribution in [1.82, 2.24) is 9.55 Å². The summed E-state index contributed by atoms with van der Waals surface area (Å²) in [6.07, 6.45) is 2.81. The first-order valence-corrected chi connectivity index (χ1v) is 2.49. The lowest BCUT2D eigenvalue weighted by molar-refractivity contribution is 0.0933. The summed E-state index contributed by atoms with van der Waals surface area (Å²) in [6.45, 7) is 1.33. The maximum atomic E-state index is 10.5. The molecule has 0 aliphatic rings. The van der Waals surface area contributed by atoms with Crippen LogP contribution in [0, 0.1) is 0 Å². The monoisotopic (exact) mass is 126 g/mol. The minimum Gasteiger partial charge on any atom is -0.312 e. The van der Waals surface area contributed by atoms with Gasteiger partial charge in [-0.15, -0.1) is 0 Å². The lowest BCUT2D eigenvalue weighted by Gasteiger charge is -1.86. The molecule has 1 rings (SSSR count). The van der Waals surface area contributed by atoms with Gasteiger partial charge in [-0.25, -0.2) is 9.36 Å². The molecule has 4 heteroatoms. The maximum Gasteiger partial charge on any atom is 0.332 e. The Morgan fingerprint density at radius 1 is 1.78 bits per heavy atom. The second kappa shape index (κ2) is 1.89. The second-order valence-electron chi connectivity index (χ2n) is 1.65. The third-order valence-electron chi connectivity index (χ3n) is 0.988. The van der Waals surface area contributed by atoms with E-state index in [9.17, 15) is 9.59 Å². The Bertz CT molecular complexity index is 270. The number of carbonyl (C=O) groups is 1. The number of aromatic nitrogens is 2. The lowest BCUT2D eigenvalue weighted by atomic mass is 10.7. The smallest absolute Gasteiger partial charge is 0.312 e. The second-order valence-corrected chi connectivity index (χ2v) is 1.65. The molecular formula is C5H6N2O2. The molecule has 0 saturated carbocycles. The highest BCUT2D eigenvalue weighted by Crippen LogP contribution is 1.75. The van der Waals surface area contributed by atoms with E-state index in [2.05, 4.69) is 4.98 Å². The highest BCUT2D eigenvalue weighted by Gasteiger charge is 1.97. The van der Waals surface area contributed by atoms with Gasteiger partial charge in [-0.2, -0.15) is 0 Å². The van der Waals surface area contributed by atoms with Crippen molar-refractivity contribution in [1.29, 1.82) is 0 Å². The number of carbonyl (C=O) groups excluding carboxylic acids is 1. The molecule has 0 radical (unpaired) electrons. The van der Waals surface area contributed by atoms with Crippen LogP contribution in [0.2, 0.25) is 0 Å². The zero-order chi connectivity index (χ0) is 6.85. The summed E-state index contributed by atoms with van der Waals surface area (Å²) in [7, 11) is 0. The summed E-state index contributed by atoms with van der Waals surface area (Å²) in [4.78, 5) is 23.4. The van der Waals surface area contributed by atoms with Crippen molar-refractivity contribution >= 4 is 5.91 Å². The molecule has 0 aliphatic carbocycles. The Labute approximate surface area is 51.1 Å². The highest BCUT2D eigenvalue weighted by molar-refractivity contribution is 5.75. The van der Waals surface area contributed by atoms with Crippen LogP contribution in [-0.4, -0.2) is 15.5 Å². The number of H-pyrrole nitrogens is 1. The molecule has 0 saturated heterocycles. The van der Waals surface area contributed by atoms with Gasteiger partial charge in [-0.05, 0) is 0 Å². The minimum atomic E-state index is -0.387. The molecule has 0 unspecified atom stereocenters. The van der Waals surface area contributed by atoms with Crippen molar-refractivity contribution in [3.05, 3.63) is 22.9 Å². The van der Waals surface area contributed by atoms with Crippen molar-refractivity contribution in [3.8, 4) is 0 Å². The van der Waals surface area contributed by atoms with Gasteiger partial charge in [0, 0.05) is 19.3 Å². The molecule has 0 aromatic carbocycles. The average molecular weight is 126 g/mol. The van der Waals surface area contributed by atoms with Crippen molar-refractivity contribution in [2.45, 2.75) is 6.92 Å². The summed E-state index contributed by atoms with van der Waals surface area (Å²) >= 11 is 0. The number of aromatic amines is 1. The average Bonchev–Trinajstić information content (AvgIpc) is 2.13. The van der Waals surface area contributed by atoms with Crippen molar-refractivity contribution in [2.75, 3.05) is 0 Å². The number of nitrogens with zero attached hydrogens (tertiary/aromatic N) is 1. The molecule has 0 amide bonds. The van der Waals surface area contributed by atoms with Gasteiger partial charge >= 0.3 is 5.69 Å². The molecule has 0 bridgehead atoms. The molecule has 1 heterocycles. The topological polar surface area (TPSA) is 54.9 Å². The molecule has 0 spiro atoms. The largest absolute Gasteiger partial charge is 0.332 e. The fraction of sp³-hybridized carbons (Fsp3) is 0.200. The predicted octanol–water partition coefficient (Wildman–Crippen LogP) is -0.164. The Balaban J connectivity index is 3.24. The van der Waals surface area contributed by atoms with Gasteiger partial charge in [-0.3, -0.25) is 4.79 Å². The Morgan fingerprint density at radius 3 is 2.67 bits per heavy atom. The van der Waals surface area contributed by atoms with Crippen LogP contribution in [0.25, 0.3) is 0 Å². The number of hydrogen-bond donors (Lipinski definition) is 1. The summed E-state index contributed by atoms with van der Waals surface area (Å²) in [5.41, 5.74) is -0.387. The van der Waals surface area contributed by atoms with Gasteiger partial charge in [0.2, 0.25) is 5.91 Å². The fourth-order valence-electron chi connectivity index (χ4n) is 0.568. The summed E-state index contributed by atoms with van der Waals surface area (Å²) in [5, 5.41) is 0. The molecule has 0 fully saturated rings. The number of nitrogens with one attached hydrogen (secondary N) is 1. The summed E-state index contributed by atoms with van der Waals surface area (Å²) in [5.74, 6) is -0.277. The summed E-state index contributed by atoms with van der Waals surface area (Å²) < 4.78 is 1.00. The molecule has 1 aromatic heterocycles. The third kappa shape index (κ3) is 0.910. The van der Waals surface area contributed by atoms with Gasteiger partial charge in [0.05, 0.1) is 0 Å². The third-order valence-corrected chi connectivity index (χ3v) is 0.988. The van der Waals surface area contributed by atoms with Gasteiger partial charge in [0.1, 0.15) is 0 Å². The van der Waals surface area contributed by atoms with E-state index >= 15 is 0 Å². The fourth-order valence-corrected chi connectivity index (χ4v) is 0.568. The quantitative estimate of drug-likeness (QED) is 0.525. The van der Waals surface area contributed by atoms with E-state index in [0.717, 1.165) is 4.57 Å². The molecule has 0 atom stereocenters. The Hall–Kier alpha value is -1.32. The van der Waals surface area contributed by atoms with Crippen LogP contribution in [-0.2, 0) is 0 Å². The summed E-state index contributed by atoms with van der Waals surface area (Å²) in [6, 6.07) is 0. The van der Waals surface area contributed by atoms with Gasteiger partial charge < -0.3 is 4.98 Å². The van der Waals surface area contributed by atoms with Crippen LogP contribution in [0.5, 0.6) is 0 Å². The van der Waals surface area contributed by atoms with Crippen LogP contribution in [0.1, 0.15) is 11.7 Å². The number of imidazole rings is 1. The molecular weight excluding hydrogens is 120 g/mol. The van der Waals surface area contributed by atoms with Crippen LogP contribution in [0.4, 0.5) is 0 Å². The minimum absolute atomic E-state index is 0.277. The van der Waals surface area contributed by atoms with Crippen LogP contribution in [0.15, 0.2) is 17.2 Å². The predicted molar refractivity (Wildman–Crippen MR) is 31.4 cm³/mol. The van der Waals surface area contributed by atoms with Crippen LogP contribution in [0.3, 0.4) is 0 Å². The van der Waals surface area contributed by atoms with Crippen molar-refractivity contribution < 1.29 is 4.79 Å². The first-order chi connectivity index (χ1) is 4.22. The normalized spacial score (nSPS) is 9.44. The van der Waals surface area contributed by atoms with Gasteiger partial charge in [0.25, 0.3) is 0 Å². The molecule has 1 N–H and O–H groups in total. The van der Waals surface area contributed by atoms with E-state index in [1.807, 2.05) is 0 Å². The van der Waals surface area contributed by atoms with Crippen molar-refractivity contribution in [2.24, 2.45) is 0 Å². The molecule has 9 heavy (non-hydrogen) atoms. The lowest BCUT2D eigenvalue weighted by Crippen LogP contribution is -2.20. The number of rotatable bonds is 0. The standard InChI is InChI=1S/C5H6N2O2/c1-4(8)7-3-2-6-5(7)9/h2-3H,1H3,(H,6,9). The zero-order valence-electron chi connectivity index (χ0n) is 4.92. The van der Waals surface area contributed by atoms with Crippen LogP contribution < -0.4 is 5.69 Å². The molecule has 0 aliphatic heterocycles. The van der Waals surface area contributed by atoms with E-state index in [4.69, 9.17) is 0 Å². The molecule has 4 nitrogen and oxygen atoms in total. The molecule has 48 valence electrons. The van der Waals surface area contributed by atoms with E-state index in [1.54, 1.807) is 0 Å². The van der Waals surface area contributed by atoms with E-state index < -0.39 is 0 Å². The first-order valence-electron chi connectivity index (χ1n) is 2.49. The van der Waals surface area contributed by atoms with Crippen molar-refractivity contribution in [3.63, 3.8) is 0 Å². The van der Waals surface area contributed by atoms with Gasteiger partial charge in [0.15, 0.2) is 0 Å². The SMILES string of the molecule is CC(=O)n1cc[nH]c1=O. The maximum absolute atomic E-state index is 10.5. The van der Waals surface area contributed by atoms with E-state index in [-0.39, 0.29) is 11.6 Å².